The summed E-state index contributed by atoms with van der Waals surface area (Å²) in [6.07, 6.45) is 3.02. The zero-order chi connectivity index (χ0) is 12.6. The molecule has 1 atom stereocenters. The molecule has 1 unspecified atom stereocenters. The lowest BCUT2D eigenvalue weighted by molar-refractivity contribution is -0.139. The van der Waals surface area contributed by atoms with Gasteiger partial charge < -0.3 is 15.7 Å². The van der Waals surface area contributed by atoms with Crippen molar-refractivity contribution in [2.75, 3.05) is 7.05 Å². The molecule has 90 valence electrons. The number of nitrogens with zero attached hydrogens (tertiary/aromatic N) is 5. The van der Waals surface area contributed by atoms with Gasteiger partial charge >= 0.3 is 5.97 Å². The average Bonchev–Trinajstić information content (AvgIpc) is 2.76. The van der Waals surface area contributed by atoms with Gasteiger partial charge in [0, 0.05) is 7.05 Å². The van der Waals surface area contributed by atoms with E-state index < -0.39 is 12.0 Å². The highest BCUT2D eigenvalue weighted by molar-refractivity contribution is 6.06. The molecule has 8 heteroatoms. The standard InChI is InChI=1S/C9H12N6O2/c1-5-8(15-11-3-4-12-15)13-7(10)6(9(16)17)14(5)2/h3-4,6H,1-2H3,(H2,10,13)(H,16,17). The van der Waals surface area contributed by atoms with Gasteiger partial charge in [-0.1, -0.05) is 0 Å². The fourth-order valence-electron chi connectivity index (χ4n) is 1.62. The van der Waals surface area contributed by atoms with Crippen molar-refractivity contribution in [3.05, 3.63) is 18.1 Å². The molecule has 8 nitrogen and oxygen atoms in total. The summed E-state index contributed by atoms with van der Waals surface area (Å²) in [4.78, 5) is 17.9. The number of rotatable bonds is 2. The van der Waals surface area contributed by atoms with Crippen LogP contribution in [-0.2, 0) is 4.79 Å². The molecule has 1 aliphatic rings. The van der Waals surface area contributed by atoms with E-state index in [2.05, 4.69) is 15.2 Å². The van der Waals surface area contributed by atoms with Gasteiger partial charge in [0.05, 0.1) is 18.1 Å². The number of aromatic nitrogens is 3. The van der Waals surface area contributed by atoms with Gasteiger partial charge in [0.25, 0.3) is 0 Å². The van der Waals surface area contributed by atoms with Crippen LogP contribution in [0.25, 0.3) is 5.82 Å². The van der Waals surface area contributed by atoms with Crippen LogP contribution < -0.4 is 5.73 Å². The Morgan fingerprint density at radius 2 is 2.06 bits per heavy atom. The highest BCUT2D eigenvalue weighted by atomic mass is 16.4. The fraction of sp³-hybridized carbons (Fsp3) is 0.333. The second kappa shape index (κ2) is 3.89. The third-order valence-electron chi connectivity index (χ3n) is 2.60. The predicted octanol–water partition coefficient (Wildman–Crippen LogP) is -0.820. The van der Waals surface area contributed by atoms with Gasteiger partial charge in [0.2, 0.25) is 0 Å². The summed E-state index contributed by atoms with van der Waals surface area (Å²) in [6.45, 7) is 1.74. The van der Waals surface area contributed by atoms with Crippen LogP contribution in [0.4, 0.5) is 0 Å². The molecule has 2 rings (SSSR count). The summed E-state index contributed by atoms with van der Waals surface area (Å²) >= 11 is 0. The highest BCUT2D eigenvalue weighted by Gasteiger charge is 2.32. The molecule has 0 spiro atoms. The minimum Gasteiger partial charge on any atom is -0.479 e. The highest BCUT2D eigenvalue weighted by Crippen LogP contribution is 2.21. The first-order valence-electron chi connectivity index (χ1n) is 4.89. The number of carbonyl (C=O) groups is 1. The number of allylic oxidation sites excluding steroid dienone is 1. The van der Waals surface area contributed by atoms with Crippen LogP contribution in [0.2, 0.25) is 0 Å². The average molecular weight is 236 g/mol. The minimum absolute atomic E-state index is 0.0119. The van der Waals surface area contributed by atoms with Crippen LogP contribution in [0.5, 0.6) is 0 Å². The van der Waals surface area contributed by atoms with E-state index in [1.54, 1.807) is 14.0 Å². The van der Waals surface area contributed by atoms with Crippen LogP contribution in [0.3, 0.4) is 0 Å². The summed E-state index contributed by atoms with van der Waals surface area (Å²) in [5.41, 5.74) is 6.29. The summed E-state index contributed by atoms with van der Waals surface area (Å²) < 4.78 is 0. The van der Waals surface area contributed by atoms with Crippen molar-refractivity contribution in [3.8, 4) is 0 Å². The van der Waals surface area contributed by atoms with Gasteiger partial charge in [-0.05, 0) is 6.92 Å². The van der Waals surface area contributed by atoms with E-state index in [1.165, 1.54) is 22.1 Å². The maximum Gasteiger partial charge on any atom is 0.334 e. The summed E-state index contributed by atoms with van der Waals surface area (Å²) in [7, 11) is 1.64. The SMILES string of the molecule is CC1=C(n2nccn2)N=C(N)C(C(=O)O)N1C. The molecule has 0 radical (unpaired) electrons. The third kappa shape index (κ3) is 1.73. The van der Waals surface area contributed by atoms with Crippen LogP contribution in [0.15, 0.2) is 23.1 Å². The van der Waals surface area contributed by atoms with E-state index in [4.69, 9.17) is 10.8 Å². The van der Waals surface area contributed by atoms with Gasteiger partial charge in [0.15, 0.2) is 11.9 Å². The Labute approximate surface area is 97.0 Å². The monoisotopic (exact) mass is 236 g/mol. The Bertz CT molecular complexity index is 504. The Morgan fingerprint density at radius 3 is 2.59 bits per heavy atom. The maximum absolute atomic E-state index is 11.1. The van der Waals surface area contributed by atoms with Crippen LogP contribution >= 0.6 is 0 Å². The Kier molecular flexibility index (Phi) is 2.54. The molecule has 0 amide bonds. The second-order valence-electron chi connectivity index (χ2n) is 3.62. The molecule has 1 aromatic rings. The van der Waals surface area contributed by atoms with E-state index in [9.17, 15) is 4.79 Å². The van der Waals surface area contributed by atoms with Crippen molar-refractivity contribution >= 4 is 17.6 Å². The van der Waals surface area contributed by atoms with Crippen molar-refractivity contribution in [2.45, 2.75) is 13.0 Å². The van der Waals surface area contributed by atoms with Gasteiger partial charge in [-0.2, -0.15) is 10.2 Å². The molecule has 0 bridgehead atoms. The number of carboxylic acid groups (broad SMARTS) is 1. The molecule has 2 heterocycles. The summed E-state index contributed by atoms with van der Waals surface area (Å²) in [5.74, 6) is -0.606. The molecule has 17 heavy (non-hydrogen) atoms. The number of aliphatic carboxylic acids is 1. The number of likely N-dealkylation sites (N-methyl/N-ethyl adjacent to an activating group) is 1. The molecular formula is C9H12N6O2. The first kappa shape index (κ1) is 11.1. The van der Waals surface area contributed by atoms with Crippen molar-refractivity contribution in [2.24, 2.45) is 10.7 Å². The molecule has 0 fully saturated rings. The second-order valence-corrected chi connectivity index (χ2v) is 3.62. The maximum atomic E-state index is 11.1. The van der Waals surface area contributed by atoms with Crippen molar-refractivity contribution < 1.29 is 9.90 Å². The molecule has 1 aromatic heterocycles. The van der Waals surface area contributed by atoms with Gasteiger partial charge in [-0.25, -0.2) is 9.79 Å². The Balaban J connectivity index is 2.47. The quantitative estimate of drug-likeness (QED) is 0.694. The van der Waals surface area contributed by atoms with E-state index in [0.717, 1.165) is 0 Å². The zero-order valence-electron chi connectivity index (χ0n) is 9.40. The molecule has 0 saturated heterocycles. The van der Waals surface area contributed by atoms with Crippen molar-refractivity contribution in [1.82, 2.24) is 19.9 Å². The number of hydrogen-bond acceptors (Lipinski definition) is 6. The van der Waals surface area contributed by atoms with Gasteiger partial charge in [0.1, 0.15) is 5.84 Å². The smallest absolute Gasteiger partial charge is 0.334 e. The van der Waals surface area contributed by atoms with Gasteiger partial charge in [-0.15, -0.1) is 4.80 Å². The molecule has 1 aliphatic heterocycles. The lowest BCUT2D eigenvalue weighted by atomic mass is 10.2. The molecular weight excluding hydrogens is 224 g/mol. The fourth-order valence-corrected chi connectivity index (χ4v) is 1.62. The normalized spacial score (nSPS) is 20.5. The van der Waals surface area contributed by atoms with Crippen molar-refractivity contribution in [3.63, 3.8) is 0 Å². The van der Waals surface area contributed by atoms with E-state index in [-0.39, 0.29) is 5.84 Å². The van der Waals surface area contributed by atoms with Crippen LogP contribution in [0, 0.1) is 0 Å². The summed E-state index contributed by atoms with van der Waals surface area (Å²) in [6, 6.07) is -0.950. The zero-order valence-corrected chi connectivity index (χ0v) is 9.40. The summed E-state index contributed by atoms with van der Waals surface area (Å²) in [5, 5.41) is 16.9. The molecule has 0 saturated carbocycles. The number of carboxylic acids is 1. The first-order valence-corrected chi connectivity index (χ1v) is 4.89. The number of aliphatic imine (C=N–C) groups is 1. The Hall–Kier alpha value is -2.38. The lowest BCUT2D eigenvalue weighted by Gasteiger charge is -2.31. The van der Waals surface area contributed by atoms with E-state index >= 15 is 0 Å². The molecule has 3 N–H and O–H groups in total. The largest absolute Gasteiger partial charge is 0.479 e. The van der Waals surface area contributed by atoms with Crippen LogP contribution in [0.1, 0.15) is 6.92 Å². The Morgan fingerprint density at radius 1 is 1.47 bits per heavy atom. The van der Waals surface area contributed by atoms with E-state index in [1.807, 2.05) is 0 Å². The molecule has 0 aliphatic carbocycles. The number of hydrogen-bond donors (Lipinski definition) is 2. The van der Waals surface area contributed by atoms with Gasteiger partial charge in [-0.3, -0.25) is 0 Å². The van der Waals surface area contributed by atoms with E-state index in [0.29, 0.717) is 11.5 Å². The number of amidine groups is 1. The lowest BCUT2D eigenvalue weighted by Crippen LogP contribution is -2.49. The topological polar surface area (TPSA) is 110 Å². The number of nitrogens with two attached hydrogens (primary N) is 1. The predicted molar refractivity (Wildman–Crippen MR) is 59.7 cm³/mol. The van der Waals surface area contributed by atoms with Crippen molar-refractivity contribution in [1.29, 1.82) is 0 Å². The first-order chi connectivity index (χ1) is 8.02. The van der Waals surface area contributed by atoms with Crippen LogP contribution in [-0.4, -0.2) is 49.9 Å². The third-order valence-corrected chi connectivity index (χ3v) is 2.60. The minimum atomic E-state index is -1.04. The molecule has 0 aromatic carbocycles.